The minimum absolute atomic E-state index is 0.172. The summed E-state index contributed by atoms with van der Waals surface area (Å²) in [5.41, 5.74) is 1.93. The summed E-state index contributed by atoms with van der Waals surface area (Å²) < 4.78 is 6.12. The summed E-state index contributed by atoms with van der Waals surface area (Å²) in [4.78, 5) is 26.8. The molecule has 1 spiro atoms. The molecule has 0 aromatic heterocycles. The molecule has 4 rings (SSSR count). The molecular weight excluding hydrogens is 318 g/mol. The third-order valence-electron chi connectivity index (χ3n) is 5.56. The predicted octanol–water partition coefficient (Wildman–Crippen LogP) is 2.70. The monoisotopic (exact) mass is 339 g/mol. The molecule has 1 aromatic rings. The summed E-state index contributed by atoms with van der Waals surface area (Å²) in [6, 6.07) is 7.44. The molecule has 3 aliphatic rings. The molecule has 130 valence electrons. The fourth-order valence-corrected chi connectivity index (χ4v) is 4.53. The largest absolute Gasteiger partial charge is 0.481 e. The third kappa shape index (κ3) is 2.12. The van der Waals surface area contributed by atoms with Crippen LogP contribution in [0.3, 0.4) is 0 Å². The van der Waals surface area contributed by atoms with Gasteiger partial charge < -0.3 is 14.7 Å². The molecule has 0 radical (unpaired) electrons. The number of aryl methyl sites for hydroxylation is 1. The number of benzene rings is 1. The maximum absolute atomic E-state index is 13.3. The van der Waals surface area contributed by atoms with E-state index >= 15 is 0 Å². The summed E-state index contributed by atoms with van der Waals surface area (Å²) in [5.74, 6) is -2.67. The molecule has 5 heteroatoms. The Bertz CT molecular complexity index is 796. The van der Waals surface area contributed by atoms with Crippen LogP contribution in [-0.4, -0.2) is 34.7 Å². The summed E-state index contributed by atoms with van der Waals surface area (Å²) in [6.45, 7) is 7.91. The minimum atomic E-state index is -0.977. The predicted molar refractivity (Wildman–Crippen MR) is 93.2 cm³/mol. The molecule has 0 aliphatic carbocycles. The first kappa shape index (κ1) is 16.1. The molecule has 1 aromatic carbocycles. The van der Waals surface area contributed by atoms with Crippen LogP contribution in [0, 0.1) is 18.8 Å². The van der Waals surface area contributed by atoms with Gasteiger partial charge in [0, 0.05) is 5.69 Å². The summed E-state index contributed by atoms with van der Waals surface area (Å²) in [6.07, 6.45) is 3.74. The van der Waals surface area contributed by atoms with Crippen molar-refractivity contribution in [2.24, 2.45) is 11.8 Å². The zero-order chi connectivity index (χ0) is 17.9. The van der Waals surface area contributed by atoms with Crippen LogP contribution in [0.1, 0.15) is 18.9 Å². The van der Waals surface area contributed by atoms with Crippen LogP contribution in [0.4, 0.5) is 5.69 Å². The number of ether oxygens (including phenoxy) is 1. The second kappa shape index (κ2) is 5.30. The highest BCUT2D eigenvalue weighted by molar-refractivity contribution is 6.03. The average molecular weight is 339 g/mol. The van der Waals surface area contributed by atoms with Crippen LogP contribution < -0.4 is 4.90 Å². The molecule has 2 saturated heterocycles. The van der Waals surface area contributed by atoms with E-state index in [4.69, 9.17) is 4.74 Å². The number of anilines is 1. The normalized spacial score (nSPS) is 35.3. The number of nitrogens with zero attached hydrogens (tertiary/aromatic N) is 1. The molecule has 1 N–H and O–H groups in total. The van der Waals surface area contributed by atoms with Gasteiger partial charge in [-0.1, -0.05) is 35.4 Å². The number of carboxylic acids is 1. The standard InChI is InChI=1S/C20H21NO4/c1-11(2)10-15-20-9-8-14(25-20)16(19(23)24)17(20)18(22)21(15)13-6-4-12(3)5-7-13/h4-9,14-17H,1,10H2,2-3H3,(H,23,24)/t14-,15+,16+,17-,20+/m0/s1. The number of aliphatic carboxylic acids is 1. The van der Waals surface area contributed by atoms with Crippen LogP contribution >= 0.6 is 0 Å². The van der Waals surface area contributed by atoms with Crippen molar-refractivity contribution in [1.29, 1.82) is 0 Å². The first-order chi connectivity index (χ1) is 11.8. The van der Waals surface area contributed by atoms with E-state index in [2.05, 4.69) is 6.58 Å². The molecular formula is C20H21NO4. The van der Waals surface area contributed by atoms with Gasteiger partial charge in [-0.25, -0.2) is 0 Å². The van der Waals surface area contributed by atoms with Crippen molar-refractivity contribution in [1.82, 2.24) is 0 Å². The fourth-order valence-electron chi connectivity index (χ4n) is 4.53. The second-order valence-corrected chi connectivity index (χ2v) is 7.36. The van der Waals surface area contributed by atoms with E-state index in [9.17, 15) is 14.7 Å². The zero-order valence-electron chi connectivity index (χ0n) is 14.3. The van der Waals surface area contributed by atoms with Gasteiger partial charge in [0.15, 0.2) is 0 Å². The van der Waals surface area contributed by atoms with Crippen LogP contribution in [0.2, 0.25) is 0 Å². The first-order valence-corrected chi connectivity index (χ1v) is 8.49. The molecule has 1 amide bonds. The van der Waals surface area contributed by atoms with E-state index in [1.807, 2.05) is 44.2 Å². The molecule has 0 saturated carbocycles. The number of fused-ring (bicyclic) bond motifs is 1. The minimum Gasteiger partial charge on any atom is -0.481 e. The van der Waals surface area contributed by atoms with Crippen molar-refractivity contribution in [2.75, 3.05) is 4.90 Å². The van der Waals surface area contributed by atoms with E-state index in [1.165, 1.54) is 0 Å². The molecule has 3 aliphatic heterocycles. The molecule has 2 bridgehead atoms. The summed E-state index contributed by atoms with van der Waals surface area (Å²) in [5, 5.41) is 9.66. The van der Waals surface area contributed by atoms with Crippen molar-refractivity contribution in [2.45, 2.75) is 38.0 Å². The number of hydrogen-bond donors (Lipinski definition) is 1. The smallest absolute Gasteiger partial charge is 0.310 e. The van der Waals surface area contributed by atoms with Gasteiger partial charge in [-0.2, -0.15) is 0 Å². The zero-order valence-corrected chi connectivity index (χ0v) is 14.3. The van der Waals surface area contributed by atoms with Crippen molar-refractivity contribution in [3.63, 3.8) is 0 Å². The Labute approximate surface area is 146 Å². The van der Waals surface area contributed by atoms with E-state index in [0.717, 1.165) is 16.8 Å². The van der Waals surface area contributed by atoms with Gasteiger partial charge in [0.25, 0.3) is 0 Å². The van der Waals surface area contributed by atoms with E-state index in [0.29, 0.717) is 6.42 Å². The molecule has 5 nitrogen and oxygen atoms in total. The Morgan fingerprint density at radius 2 is 2.04 bits per heavy atom. The van der Waals surface area contributed by atoms with Gasteiger partial charge in [-0.05, 0) is 32.4 Å². The number of amides is 1. The Hall–Kier alpha value is -2.40. The maximum Gasteiger partial charge on any atom is 0.310 e. The lowest BCUT2D eigenvalue weighted by molar-refractivity contribution is -0.146. The fraction of sp³-hybridized carbons (Fsp3) is 0.400. The number of rotatable bonds is 4. The molecule has 5 atom stereocenters. The van der Waals surface area contributed by atoms with Gasteiger partial charge in [-0.15, -0.1) is 6.58 Å². The van der Waals surface area contributed by atoms with Crippen molar-refractivity contribution in [3.05, 3.63) is 54.1 Å². The lowest BCUT2D eigenvalue weighted by Crippen LogP contribution is -2.45. The topological polar surface area (TPSA) is 66.8 Å². The Balaban J connectivity index is 1.84. The van der Waals surface area contributed by atoms with E-state index < -0.39 is 29.5 Å². The van der Waals surface area contributed by atoms with Crippen molar-refractivity contribution in [3.8, 4) is 0 Å². The molecule has 25 heavy (non-hydrogen) atoms. The van der Waals surface area contributed by atoms with Gasteiger partial charge >= 0.3 is 5.97 Å². The lowest BCUT2D eigenvalue weighted by Gasteiger charge is -2.33. The van der Waals surface area contributed by atoms with E-state index in [1.54, 1.807) is 11.0 Å². The highest BCUT2D eigenvalue weighted by Gasteiger charge is 2.71. The Morgan fingerprint density at radius 3 is 2.64 bits per heavy atom. The number of hydrogen-bond acceptors (Lipinski definition) is 3. The number of carbonyl (C=O) groups excluding carboxylic acids is 1. The Kier molecular flexibility index (Phi) is 3.41. The third-order valence-corrected chi connectivity index (χ3v) is 5.56. The van der Waals surface area contributed by atoms with Crippen molar-refractivity contribution < 1.29 is 19.4 Å². The summed E-state index contributed by atoms with van der Waals surface area (Å²) in [7, 11) is 0. The van der Waals surface area contributed by atoms with E-state index in [-0.39, 0.29) is 11.9 Å². The Morgan fingerprint density at radius 1 is 1.36 bits per heavy atom. The number of carboxylic acid groups (broad SMARTS) is 1. The van der Waals surface area contributed by atoms with Crippen LogP contribution in [0.25, 0.3) is 0 Å². The highest BCUT2D eigenvalue weighted by atomic mass is 16.5. The average Bonchev–Trinajstić information content (AvgIpc) is 3.18. The van der Waals surface area contributed by atoms with Gasteiger partial charge in [0.05, 0.1) is 18.1 Å². The van der Waals surface area contributed by atoms with Gasteiger partial charge in [-0.3, -0.25) is 9.59 Å². The molecule has 3 heterocycles. The first-order valence-electron chi connectivity index (χ1n) is 8.49. The second-order valence-electron chi connectivity index (χ2n) is 7.36. The van der Waals surface area contributed by atoms with Gasteiger partial charge in [0.1, 0.15) is 11.5 Å². The maximum atomic E-state index is 13.3. The van der Waals surface area contributed by atoms with Crippen LogP contribution in [0.5, 0.6) is 0 Å². The quantitative estimate of drug-likeness (QED) is 0.857. The molecule has 0 unspecified atom stereocenters. The summed E-state index contributed by atoms with van der Waals surface area (Å²) >= 11 is 0. The van der Waals surface area contributed by atoms with Gasteiger partial charge in [0.2, 0.25) is 5.91 Å². The highest BCUT2D eigenvalue weighted by Crippen LogP contribution is 2.56. The number of carbonyl (C=O) groups is 2. The SMILES string of the molecule is C=C(C)C[C@H]1N(c2ccc(C)cc2)C(=O)[C@@H]2[C@H](C(=O)O)[C@@H]3C=C[C@]21O3. The van der Waals surface area contributed by atoms with Crippen molar-refractivity contribution >= 4 is 17.6 Å². The van der Waals surface area contributed by atoms with Crippen LogP contribution in [0.15, 0.2) is 48.6 Å². The van der Waals surface area contributed by atoms with Crippen LogP contribution in [-0.2, 0) is 14.3 Å². The molecule has 2 fully saturated rings. The lowest BCUT2D eigenvalue weighted by atomic mass is 9.74.